The Bertz CT molecular complexity index is 682. The zero-order valence-electron chi connectivity index (χ0n) is 11.4. The molecule has 0 unspecified atom stereocenters. The van der Waals surface area contributed by atoms with Crippen LogP contribution in [-0.4, -0.2) is 7.11 Å². The SMILES string of the molecule is COc1ccc(C#N)cc1COc1ccc(CBr)cc1F. The van der Waals surface area contributed by atoms with Crippen LogP contribution < -0.4 is 9.47 Å². The second-order valence-corrected chi connectivity index (χ2v) is 4.89. The van der Waals surface area contributed by atoms with Crippen LogP contribution in [0.25, 0.3) is 0 Å². The van der Waals surface area contributed by atoms with Crippen LogP contribution in [0.2, 0.25) is 0 Å². The largest absolute Gasteiger partial charge is 0.496 e. The third kappa shape index (κ3) is 3.73. The number of nitriles is 1. The van der Waals surface area contributed by atoms with Crippen LogP contribution in [0.15, 0.2) is 36.4 Å². The van der Waals surface area contributed by atoms with Crippen LogP contribution in [0.5, 0.6) is 11.5 Å². The topological polar surface area (TPSA) is 42.2 Å². The zero-order chi connectivity index (χ0) is 15.2. The lowest BCUT2D eigenvalue weighted by Gasteiger charge is -2.11. The standard InChI is InChI=1S/C16H13BrFNO2/c1-20-15-4-3-12(9-19)6-13(15)10-21-16-5-2-11(8-17)7-14(16)18/h2-7H,8,10H2,1H3. The maximum Gasteiger partial charge on any atom is 0.165 e. The molecule has 0 fully saturated rings. The molecule has 0 spiro atoms. The van der Waals surface area contributed by atoms with Crippen molar-refractivity contribution in [3.05, 3.63) is 58.9 Å². The number of methoxy groups -OCH3 is 1. The summed E-state index contributed by atoms with van der Waals surface area (Å²) in [6.45, 7) is 0.128. The van der Waals surface area contributed by atoms with Crippen LogP contribution in [0, 0.1) is 17.1 Å². The van der Waals surface area contributed by atoms with Crippen molar-refractivity contribution >= 4 is 15.9 Å². The molecule has 21 heavy (non-hydrogen) atoms. The molecule has 0 radical (unpaired) electrons. The first kappa shape index (κ1) is 15.3. The molecule has 5 heteroatoms. The Hall–Kier alpha value is -2.06. The van der Waals surface area contributed by atoms with Crippen molar-refractivity contribution in [2.24, 2.45) is 0 Å². The molecular formula is C16H13BrFNO2. The molecule has 3 nitrogen and oxygen atoms in total. The van der Waals surface area contributed by atoms with E-state index in [1.807, 2.05) is 0 Å². The summed E-state index contributed by atoms with van der Waals surface area (Å²) in [5.74, 6) is 0.359. The summed E-state index contributed by atoms with van der Waals surface area (Å²) in [5, 5.41) is 9.50. The number of nitrogens with zero attached hydrogens (tertiary/aromatic N) is 1. The van der Waals surface area contributed by atoms with E-state index in [9.17, 15) is 4.39 Å². The first-order valence-corrected chi connectivity index (χ1v) is 7.34. The lowest BCUT2D eigenvalue weighted by molar-refractivity contribution is 0.282. The Kier molecular flexibility index (Phi) is 5.18. The first-order chi connectivity index (χ1) is 10.2. The van der Waals surface area contributed by atoms with Crippen molar-refractivity contribution in [2.75, 3.05) is 7.11 Å². The number of ether oxygens (including phenoxy) is 2. The molecule has 0 heterocycles. The van der Waals surface area contributed by atoms with E-state index in [1.54, 1.807) is 30.3 Å². The van der Waals surface area contributed by atoms with Gasteiger partial charge in [-0.3, -0.25) is 0 Å². The Balaban J connectivity index is 2.18. The van der Waals surface area contributed by atoms with Crippen molar-refractivity contribution < 1.29 is 13.9 Å². The minimum absolute atomic E-state index is 0.128. The minimum Gasteiger partial charge on any atom is -0.496 e. The summed E-state index contributed by atoms with van der Waals surface area (Å²) in [7, 11) is 1.54. The van der Waals surface area contributed by atoms with Crippen molar-refractivity contribution in [3.63, 3.8) is 0 Å². The van der Waals surface area contributed by atoms with E-state index in [4.69, 9.17) is 14.7 Å². The van der Waals surface area contributed by atoms with Crippen LogP contribution in [0.1, 0.15) is 16.7 Å². The molecule has 2 aromatic carbocycles. The predicted molar refractivity (Wildman–Crippen MR) is 81.1 cm³/mol. The fourth-order valence-corrected chi connectivity index (χ4v) is 2.21. The van der Waals surface area contributed by atoms with Crippen LogP contribution in [0.3, 0.4) is 0 Å². The maximum atomic E-state index is 13.8. The van der Waals surface area contributed by atoms with Gasteiger partial charge in [-0.25, -0.2) is 4.39 Å². The van der Waals surface area contributed by atoms with Crippen LogP contribution >= 0.6 is 15.9 Å². The number of hydrogen-bond acceptors (Lipinski definition) is 3. The molecule has 108 valence electrons. The maximum absolute atomic E-state index is 13.8. The second kappa shape index (κ2) is 7.09. The first-order valence-electron chi connectivity index (χ1n) is 6.22. The fraction of sp³-hybridized carbons (Fsp3) is 0.188. The van der Waals surface area contributed by atoms with Gasteiger partial charge in [-0.2, -0.15) is 5.26 Å². The molecule has 0 aliphatic rings. The van der Waals surface area contributed by atoms with Gasteiger partial charge in [0.1, 0.15) is 12.4 Å². The number of rotatable bonds is 5. The van der Waals surface area contributed by atoms with Crippen molar-refractivity contribution in [2.45, 2.75) is 11.9 Å². The summed E-state index contributed by atoms with van der Waals surface area (Å²) in [6.07, 6.45) is 0. The molecule has 0 N–H and O–H groups in total. The molecular weight excluding hydrogens is 337 g/mol. The van der Waals surface area contributed by atoms with Crippen molar-refractivity contribution in [3.8, 4) is 17.6 Å². The van der Waals surface area contributed by atoms with Gasteiger partial charge in [0.25, 0.3) is 0 Å². The Morgan fingerprint density at radius 1 is 1.19 bits per heavy atom. The van der Waals surface area contributed by atoms with E-state index in [-0.39, 0.29) is 12.4 Å². The second-order valence-electron chi connectivity index (χ2n) is 4.33. The smallest absolute Gasteiger partial charge is 0.165 e. The molecule has 0 bridgehead atoms. The molecule has 2 rings (SSSR count). The molecule has 0 aromatic heterocycles. The molecule has 0 amide bonds. The average molecular weight is 350 g/mol. The summed E-state index contributed by atoms with van der Waals surface area (Å²) < 4.78 is 24.5. The van der Waals surface area contributed by atoms with E-state index >= 15 is 0 Å². The molecule has 0 aliphatic carbocycles. The molecule has 0 atom stereocenters. The van der Waals surface area contributed by atoms with Gasteiger partial charge in [-0.15, -0.1) is 0 Å². The number of halogens is 2. The highest BCUT2D eigenvalue weighted by atomic mass is 79.9. The number of benzene rings is 2. The van der Waals surface area contributed by atoms with Gasteiger partial charge in [0.15, 0.2) is 11.6 Å². The molecule has 0 saturated heterocycles. The zero-order valence-corrected chi connectivity index (χ0v) is 13.0. The summed E-state index contributed by atoms with van der Waals surface area (Å²) in [4.78, 5) is 0. The van der Waals surface area contributed by atoms with E-state index < -0.39 is 5.82 Å². The van der Waals surface area contributed by atoms with Gasteiger partial charge in [-0.05, 0) is 35.9 Å². The highest BCUT2D eigenvalue weighted by molar-refractivity contribution is 9.08. The quantitative estimate of drug-likeness (QED) is 0.760. The highest BCUT2D eigenvalue weighted by Crippen LogP contribution is 2.24. The molecule has 2 aromatic rings. The lowest BCUT2D eigenvalue weighted by atomic mass is 10.1. The normalized spacial score (nSPS) is 10.0. The Labute approximate surface area is 131 Å². The predicted octanol–water partition coefficient (Wildman–Crippen LogP) is 4.18. The van der Waals surface area contributed by atoms with Crippen molar-refractivity contribution in [1.29, 1.82) is 5.26 Å². The van der Waals surface area contributed by atoms with Gasteiger partial charge in [0.2, 0.25) is 0 Å². The van der Waals surface area contributed by atoms with Gasteiger partial charge >= 0.3 is 0 Å². The van der Waals surface area contributed by atoms with Gasteiger partial charge in [0, 0.05) is 10.9 Å². The van der Waals surface area contributed by atoms with E-state index in [1.165, 1.54) is 13.2 Å². The monoisotopic (exact) mass is 349 g/mol. The Morgan fingerprint density at radius 2 is 1.95 bits per heavy atom. The third-order valence-electron chi connectivity index (χ3n) is 2.94. The van der Waals surface area contributed by atoms with E-state index in [0.717, 1.165) is 5.56 Å². The number of hydrogen-bond donors (Lipinski definition) is 0. The van der Waals surface area contributed by atoms with E-state index in [2.05, 4.69) is 22.0 Å². The van der Waals surface area contributed by atoms with Gasteiger partial charge < -0.3 is 9.47 Å². The van der Waals surface area contributed by atoms with E-state index in [0.29, 0.717) is 22.2 Å². The summed E-state index contributed by atoms with van der Waals surface area (Å²) in [6, 6.07) is 11.9. The Morgan fingerprint density at radius 3 is 2.57 bits per heavy atom. The summed E-state index contributed by atoms with van der Waals surface area (Å²) in [5.41, 5.74) is 2.04. The summed E-state index contributed by atoms with van der Waals surface area (Å²) >= 11 is 3.27. The lowest BCUT2D eigenvalue weighted by Crippen LogP contribution is -2.01. The van der Waals surface area contributed by atoms with Gasteiger partial charge in [-0.1, -0.05) is 22.0 Å². The van der Waals surface area contributed by atoms with Crippen molar-refractivity contribution in [1.82, 2.24) is 0 Å². The van der Waals surface area contributed by atoms with Crippen LogP contribution in [-0.2, 0) is 11.9 Å². The molecule has 0 saturated carbocycles. The fourth-order valence-electron chi connectivity index (χ4n) is 1.86. The average Bonchev–Trinajstić information content (AvgIpc) is 2.53. The third-order valence-corrected chi connectivity index (χ3v) is 3.59. The minimum atomic E-state index is -0.414. The van der Waals surface area contributed by atoms with Crippen LogP contribution in [0.4, 0.5) is 4.39 Å². The molecule has 0 aliphatic heterocycles. The highest BCUT2D eigenvalue weighted by Gasteiger charge is 2.08. The number of alkyl halides is 1. The van der Waals surface area contributed by atoms with Gasteiger partial charge in [0.05, 0.1) is 18.7 Å².